The summed E-state index contributed by atoms with van der Waals surface area (Å²) in [6.45, 7) is -0.892. The van der Waals surface area contributed by atoms with E-state index in [4.69, 9.17) is 24.2 Å². The van der Waals surface area contributed by atoms with Gasteiger partial charge in [-0.2, -0.15) is 0 Å². The Hall–Kier alpha value is -2.09. The molecule has 0 spiro atoms. The quantitative estimate of drug-likeness (QED) is 0.224. The Balaban J connectivity index is 2.39. The Bertz CT molecular complexity index is 873. The second-order valence-electron chi connectivity index (χ2n) is 5.55. The third-order valence-corrected chi connectivity index (χ3v) is 4.56. The normalized spacial score (nSPS) is 25.9. The SMILES string of the molecule is CO[C@H]1C(O[P+](=O)S)[C@@H](C(=O)N[C@H](CO)C(=O)O)O[C@H]1n1ccc(=O)[nH]c1=O. The van der Waals surface area contributed by atoms with Gasteiger partial charge >= 0.3 is 18.9 Å². The lowest BCUT2D eigenvalue weighted by Gasteiger charge is -2.19. The first kappa shape index (κ1) is 22.2. The number of carboxylic acid groups (broad SMARTS) is 1. The van der Waals surface area contributed by atoms with Gasteiger partial charge < -0.3 is 25.0 Å². The lowest BCUT2D eigenvalue weighted by atomic mass is 10.1. The van der Waals surface area contributed by atoms with Crippen molar-refractivity contribution in [3.8, 4) is 0 Å². The molecule has 1 aliphatic rings. The second-order valence-corrected chi connectivity index (χ2v) is 7.22. The Morgan fingerprint density at radius 1 is 1.46 bits per heavy atom. The first-order valence-corrected chi connectivity index (χ1v) is 9.99. The summed E-state index contributed by atoms with van der Waals surface area (Å²) < 4.78 is 28.2. The molecule has 1 aliphatic heterocycles. The van der Waals surface area contributed by atoms with Gasteiger partial charge in [0.15, 0.2) is 18.4 Å². The highest BCUT2D eigenvalue weighted by atomic mass is 32.7. The zero-order chi connectivity index (χ0) is 21.0. The number of nitrogens with zero attached hydrogens (tertiary/aromatic N) is 1. The molecule has 0 aliphatic carbocycles. The van der Waals surface area contributed by atoms with Crippen LogP contribution in [0.15, 0.2) is 21.9 Å². The number of aliphatic carboxylic acids is 1. The van der Waals surface area contributed by atoms with Crippen molar-refractivity contribution in [3.05, 3.63) is 33.1 Å². The minimum absolute atomic E-state index is 0.666. The number of amides is 1. The van der Waals surface area contributed by atoms with E-state index in [1.807, 2.05) is 10.3 Å². The molecule has 1 fully saturated rings. The first-order valence-electron chi connectivity index (χ1n) is 7.66. The summed E-state index contributed by atoms with van der Waals surface area (Å²) in [4.78, 5) is 48.8. The summed E-state index contributed by atoms with van der Waals surface area (Å²) in [6, 6.07) is -0.594. The van der Waals surface area contributed by atoms with Crippen LogP contribution in [-0.2, 0) is 28.2 Å². The molecule has 28 heavy (non-hydrogen) atoms. The molecule has 0 radical (unpaired) electrons. The largest absolute Gasteiger partial charge is 0.582 e. The Morgan fingerprint density at radius 2 is 2.14 bits per heavy atom. The topological polar surface area (TPSA) is 186 Å². The lowest BCUT2D eigenvalue weighted by molar-refractivity contribution is -0.147. The number of carbonyl (C=O) groups is 2. The molecule has 15 heteroatoms. The van der Waals surface area contributed by atoms with Crippen LogP contribution >= 0.6 is 19.5 Å². The molecule has 1 aromatic heterocycles. The van der Waals surface area contributed by atoms with Gasteiger partial charge in [-0.1, -0.05) is 0 Å². The molecular formula is C13H17N3O10PS+. The Morgan fingerprint density at radius 3 is 2.64 bits per heavy atom. The lowest BCUT2D eigenvalue weighted by Crippen LogP contribution is -2.50. The molecule has 1 saturated heterocycles. The van der Waals surface area contributed by atoms with Crippen molar-refractivity contribution in [2.45, 2.75) is 30.6 Å². The zero-order valence-corrected chi connectivity index (χ0v) is 16.0. The smallest absolute Gasteiger partial charge is 0.480 e. The summed E-state index contributed by atoms with van der Waals surface area (Å²) in [5.41, 5.74) is -1.53. The van der Waals surface area contributed by atoms with Gasteiger partial charge in [0.1, 0.15) is 24.4 Å². The van der Waals surface area contributed by atoms with Crippen LogP contribution in [0.25, 0.3) is 0 Å². The monoisotopic (exact) mass is 438 g/mol. The minimum Gasteiger partial charge on any atom is -0.480 e. The number of aliphatic hydroxyl groups excluding tert-OH is 1. The van der Waals surface area contributed by atoms with Crippen LogP contribution in [0.3, 0.4) is 0 Å². The number of nitrogens with one attached hydrogen (secondary N) is 2. The van der Waals surface area contributed by atoms with Crippen molar-refractivity contribution in [2.24, 2.45) is 0 Å². The number of hydrogen-bond donors (Lipinski definition) is 5. The fourth-order valence-electron chi connectivity index (χ4n) is 2.61. The van der Waals surface area contributed by atoms with E-state index >= 15 is 0 Å². The van der Waals surface area contributed by atoms with E-state index in [1.165, 1.54) is 7.11 Å². The van der Waals surface area contributed by atoms with Crippen molar-refractivity contribution < 1.29 is 38.4 Å². The fraction of sp³-hybridized carbons (Fsp3) is 0.538. The van der Waals surface area contributed by atoms with Crippen molar-refractivity contribution in [3.63, 3.8) is 0 Å². The van der Waals surface area contributed by atoms with E-state index < -0.39 is 67.5 Å². The maximum Gasteiger partial charge on any atom is 0.582 e. The predicted molar refractivity (Wildman–Crippen MR) is 94.1 cm³/mol. The third-order valence-electron chi connectivity index (χ3n) is 3.85. The summed E-state index contributed by atoms with van der Waals surface area (Å²) in [6.07, 6.45) is -4.24. The first-order chi connectivity index (χ1) is 13.2. The maximum atomic E-state index is 12.5. The third kappa shape index (κ3) is 4.84. The Labute approximate surface area is 162 Å². The number of aromatic amines is 1. The highest BCUT2D eigenvalue weighted by Gasteiger charge is 2.54. The number of H-pyrrole nitrogens is 1. The van der Waals surface area contributed by atoms with Crippen LogP contribution in [0.5, 0.6) is 0 Å². The number of thiol groups is 1. The number of rotatable bonds is 8. The summed E-state index contributed by atoms with van der Waals surface area (Å²) >= 11 is 3.63. The fourth-order valence-corrected chi connectivity index (χ4v) is 3.38. The molecule has 0 saturated carbocycles. The van der Waals surface area contributed by atoms with E-state index in [9.17, 15) is 23.7 Å². The molecule has 0 aromatic carbocycles. The molecule has 2 unspecified atom stereocenters. The summed E-state index contributed by atoms with van der Waals surface area (Å²) in [5, 5.41) is 20.1. The molecule has 154 valence electrons. The van der Waals surface area contributed by atoms with E-state index in [0.717, 1.165) is 16.8 Å². The average Bonchev–Trinajstić information content (AvgIpc) is 2.96. The van der Waals surface area contributed by atoms with E-state index in [2.05, 4.69) is 12.2 Å². The number of methoxy groups -OCH3 is 1. The van der Waals surface area contributed by atoms with Crippen molar-refractivity contribution in [1.82, 2.24) is 14.9 Å². The number of hydrogen-bond acceptors (Lipinski definition) is 9. The van der Waals surface area contributed by atoms with Gasteiger partial charge in [0.25, 0.3) is 11.5 Å². The van der Waals surface area contributed by atoms with Crippen LogP contribution in [0, 0.1) is 0 Å². The molecule has 1 aromatic rings. The average molecular weight is 438 g/mol. The number of aromatic nitrogens is 2. The van der Waals surface area contributed by atoms with Gasteiger partial charge in [0.05, 0.1) is 6.61 Å². The Kier molecular flexibility index (Phi) is 7.46. The van der Waals surface area contributed by atoms with Gasteiger partial charge in [-0.3, -0.25) is 19.1 Å². The molecule has 1 amide bonds. The summed E-state index contributed by atoms with van der Waals surface area (Å²) in [5.74, 6) is -2.51. The molecule has 0 bridgehead atoms. The maximum absolute atomic E-state index is 12.5. The molecular weight excluding hydrogens is 421 g/mol. The van der Waals surface area contributed by atoms with Gasteiger partial charge in [0.2, 0.25) is 0 Å². The molecule has 6 atom stereocenters. The molecule has 4 N–H and O–H groups in total. The van der Waals surface area contributed by atoms with Gasteiger partial charge in [0, 0.05) is 19.4 Å². The van der Waals surface area contributed by atoms with Crippen molar-refractivity contribution in [1.29, 1.82) is 0 Å². The van der Waals surface area contributed by atoms with Crippen LogP contribution in [0.2, 0.25) is 0 Å². The highest BCUT2D eigenvalue weighted by molar-refractivity contribution is 8.39. The standard InChI is InChI=1S/C13H16N3O10PS/c1-24-9-7(26-27(23)28)8(10(19)14-5(4-17)12(20)21)25-11(9)16-3-2-6(18)15-13(16)22/h2-3,5,7-9,11,17H,4H2,1H3,(H3-,14,15,18,19,20,21,22,23,28)/p+1/t5-,7?,8+,9+,11-/m1/s1. The highest BCUT2D eigenvalue weighted by Crippen LogP contribution is 2.40. The second kappa shape index (κ2) is 9.41. The zero-order valence-electron chi connectivity index (χ0n) is 14.3. The van der Waals surface area contributed by atoms with Gasteiger partial charge in [-0.25, -0.2) is 9.59 Å². The van der Waals surface area contributed by atoms with Crippen LogP contribution in [-0.4, -0.2) is 69.7 Å². The van der Waals surface area contributed by atoms with Crippen LogP contribution in [0.4, 0.5) is 0 Å². The molecule has 13 nitrogen and oxygen atoms in total. The number of carboxylic acids is 1. The van der Waals surface area contributed by atoms with Gasteiger partial charge in [-0.05, 0) is 4.57 Å². The molecule has 2 rings (SSSR count). The van der Waals surface area contributed by atoms with E-state index in [1.54, 1.807) is 0 Å². The van der Waals surface area contributed by atoms with E-state index in [-0.39, 0.29) is 0 Å². The minimum atomic E-state index is -2.54. The predicted octanol–water partition coefficient (Wildman–Crippen LogP) is -2.02. The van der Waals surface area contributed by atoms with Crippen molar-refractivity contribution >= 4 is 31.4 Å². The molecule has 2 heterocycles. The number of carbonyl (C=O) groups excluding carboxylic acids is 1. The van der Waals surface area contributed by atoms with Gasteiger partial charge in [-0.15, -0.1) is 4.52 Å². The van der Waals surface area contributed by atoms with Crippen LogP contribution < -0.4 is 16.6 Å². The number of aliphatic hydroxyl groups is 1. The van der Waals surface area contributed by atoms with Crippen LogP contribution in [0.1, 0.15) is 6.23 Å². The van der Waals surface area contributed by atoms with Crippen molar-refractivity contribution in [2.75, 3.05) is 13.7 Å². The van der Waals surface area contributed by atoms with E-state index in [0.29, 0.717) is 0 Å². The number of ether oxygens (including phenoxy) is 2. The summed E-state index contributed by atoms with van der Waals surface area (Å²) in [7, 11) is -1.32.